The van der Waals surface area contributed by atoms with Crippen molar-refractivity contribution in [1.82, 2.24) is 9.78 Å². The summed E-state index contributed by atoms with van der Waals surface area (Å²) < 4.78 is 30.0. The van der Waals surface area contributed by atoms with E-state index in [1.807, 2.05) is 0 Å². The molecule has 1 aromatic carbocycles. The first-order chi connectivity index (χ1) is 10.9. The summed E-state index contributed by atoms with van der Waals surface area (Å²) in [5, 5.41) is 16.7. The predicted octanol–water partition coefficient (Wildman–Crippen LogP) is 2.34. The zero-order valence-electron chi connectivity index (χ0n) is 11.9. The van der Waals surface area contributed by atoms with Crippen LogP contribution in [0.25, 0.3) is 0 Å². The van der Waals surface area contributed by atoms with Gasteiger partial charge in [0.15, 0.2) is 0 Å². The summed E-state index contributed by atoms with van der Waals surface area (Å²) in [7, 11) is 0. The number of carbonyl (C=O) groups excluding carboxylic acids is 1. The lowest BCUT2D eigenvalue weighted by Gasteiger charge is -2.11. The number of aromatic nitrogens is 2. The van der Waals surface area contributed by atoms with Crippen molar-refractivity contribution in [3.63, 3.8) is 0 Å². The number of aryl methyl sites for hydroxylation is 1. The van der Waals surface area contributed by atoms with Crippen LogP contribution in [-0.2, 0) is 11.3 Å². The first kappa shape index (κ1) is 16.3. The Morgan fingerprint density at radius 1 is 1.48 bits per heavy atom. The third-order valence-corrected chi connectivity index (χ3v) is 2.83. The SMILES string of the molecule is Cc1cc([N+](=O)[O-])nn1CC(=O)Nc1ccccc1OC(F)F. The Labute approximate surface area is 128 Å². The van der Waals surface area contributed by atoms with E-state index in [0.717, 1.165) is 4.68 Å². The molecule has 0 saturated heterocycles. The molecule has 1 N–H and O–H groups in total. The van der Waals surface area contributed by atoms with Gasteiger partial charge in [-0.3, -0.25) is 4.79 Å². The van der Waals surface area contributed by atoms with E-state index in [2.05, 4.69) is 15.2 Å². The summed E-state index contributed by atoms with van der Waals surface area (Å²) in [6.45, 7) is -1.77. The zero-order chi connectivity index (χ0) is 17.0. The number of alkyl halides is 2. The minimum atomic E-state index is -3.02. The molecule has 0 aliphatic carbocycles. The average Bonchev–Trinajstić information content (AvgIpc) is 2.82. The second kappa shape index (κ2) is 6.81. The quantitative estimate of drug-likeness (QED) is 0.649. The van der Waals surface area contributed by atoms with E-state index in [1.54, 1.807) is 6.92 Å². The number of benzene rings is 1. The number of hydrogen-bond acceptors (Lipinski definition) is 5. The van der Waals surface area contributed by atoms with Gasteiger partial charge in [-0.05, 0) is 24.0 Å². The second-order valence-electron chi connectivity index (χ2n) is 4.48. The number of rotatable bonds is 6. The lowest BCUT2D eigenvalue weighted by Crippen LogP contribution is -2.21. The number of para-hydroxylation sites is 2. The summed E-state index contributed by atoms with van der Waals surface area (Å²) in [6.07, 6.45) is 0. The van der Waals surface area contributed by atoms with Crippen molar-refractivity contribution in [2.24, 2.45) is 0 Å². The molecule has 0 fully saturated rings. The van der Waals surface area contributed by atoms with Gasteiger partial charge in [0, 0.05) is 0 Å². The number of anilines is 1. The van der Waals surface area contributed by atoms with E-state index in [-0.39, 0.29) is 23.8 Å². The van der Waals surface area contributed by atoms with Crippen molar-refractivity contribution in [3.05, 3.63) is 46.1 Å². The smallest absolute Gasteiger partial charge is 0.390 e. The monoisotopic (exact) mass is 326 g/mol. The van der Waals surface area contributed by atoms with Crippen molar-refractivity contribution in [2.75, 3.05) is 5.32 Å². The Morgan fingerprint density at radius 3 is 2.78 bits per heavy atom. The van der Waals surface area contributed by atoms with Crippen molar-refractivity contribution < 1.29 is 23.2 Å². The molecule has 10 heteroatoms. The molecule has 0 bridgehead atoms. The summed E-state index contributed by atoms with van der Waals surface area (Å²) >= 11 is 0. The van der Waals surface area contributed by atoms with Crippen LogP contribution in [0.1, 0.15) is 5.69 Å². The minimum Gasteiger partial charge on any atom is -0.433 e. The van der Waals surface area contributed by atoms with Crippen LogP contribution in [0.5, 0.6) is 5.75 Å². The van der Waals surface area contributed by atoms with Gasteiger partial charge in [0.25, 0.3) is 0 Å². The van der Waals surface area contributed by atoms with E-state index < -0.39 is 17.4 Å². The van der Waals surface area contributed by atoms with Gasteiger partial charge in [-0.1, -0.05) is 12.1 Å². The number of amides is 1. The largest absolute Gasteiger partial charge is 0.433 e. The number of nitro groups is 1. The fourth-order valence-corrected chi connectivity index (χ4v) is 1.84. The standard InChI is InChI=1S/C13H12F2N4O4/c1-8-6-11(19(21)22)17-18(8)7-12(20)16-9-4-2-3-5-10(9)23-13(14)15/h2-6,13H,7H2,1H3,(H,16,20). The Balaban J connectivity index is 2.10. The molecule has 1 amide bonds. The maximum absolute atomic E-state index is 12.3. The lowest BCUT2D eigenvalue weighted by atomic mass is 10.3. The van der Waals surface area contributed by atoms with Crippen LogP contribution in [0.4, 0.5) is 20.3 Å². The van der Waals surface area contributed by atoms with Crippen LogP contribution >= 0.6 is 0 Å². The number of ether oxygens (including phenoxy) is 1. The maximum atomic E-state index is 12.3. The molecular formula is C13H12F2N4O4. The molecule has 2 aromatic rings. The van der Waals surface area contributed by atoms with E-state index in [4.69, 9.17) is 0 Å². The van der Waals surface area contributed by atoms with E-state index in [1.165, 1.54) is 30.3 Å². The summed E-state index contributed by atoms with van der Waals surface area (Å²) in [5.74, 6) is -1.15. The minimum absolute atomic E-state index is 0.0668. The van der Waals surface area contributed by atoms with Gasteiger partial charge in [-0.25, -0.2) is 0 Å². The Kier molecular flexibility index (Phi) is 4.84. The van der Waals surface area contributed by atoms with Gasteiger partial charge in [0.1, 0.15) is 12.3 Å². The molecule has 0 spiro atoms. The van der Waals surface area contributed by atoms with Gasteiger partial charge in [-0.15, -0.1) is 0 Å². The van der Waals surface area contributed by atoms with Crippen molar-refractivity contribution in [1.29, 1.82) is 0 Å². The fourth-order valence-electron chi connectivity index (χ4n) is 1.84. The normalized spacial score (nSPS) is 10.6. The molecule has 0 aliphatic rings. The molecule has 0 unspecified atom stereocenters. The number of nitrogens with one attached hydrogen (secondary N) is 1. The highest BCUT2D eigenvalue weighted by Crippen LogP contribution is 2.25. The van der Waals surface area contributed by atoms with E-state index in [9.17, 15) is 23.7 Å². The third-order valence-electron chi connectivity index (χ3n) is 2.83. The van der Waals surface area contributed by atoms with Crippen LogP contribution in [-0.4, -0.2) is 27.2 Å². The average molecular weight is 326 g/mol. The fraction of sp³-hybridized carbons (Fsp3) is 0.231. The third kappa shape index (κ3) is 4.22. The van der Waals surface area contributed by atoms with Crippen LogP contribution in [0.3, 0.4) is 0 Å². The summed E-state index contributed by atoms with van der Waals surface area (Å²) in [5.41, 5.74) is 0.487. The first-order valence-electron chi connectivity index (χ1n) is 6.39. The van der Waals surface area contributed by atoms with Crippen LogP contribution in [0.15, 0.2) is 30.3 Å². The number of carbonyl (C=O) groups is 1. The first-order valence-corrected chi connectivity index (χ1v) is 6.39. The van der Waals surface area contributed by atoms with Gasteiger partial charge < -0.3 is 20.2 Å². The molecule has 0 saturated carbocycles. The molecule has 23 heavy (non-hydrogen) atoms. The molecule has 1 aromatic heterocycles. The number of halogens is 2. The summed E-state index contributed by atoms with van der Waals surface area (Å²) in [4.78, 5) is 21.9. The van der Waals surface area contributed by atoms with Gasteiger partial charge in [0.05, 0.1) is 22.5 Å². The van der Waals surface area contributed by atoms with Gasteiger partial charge in [0.2, 0.25) is 5.91 Å². The van der Waals surface area contributed by atoms with Crippen LogP contribution < -0.4 is 10.1 Å². The molecule has 0 radical (unpaired) electrons. The Bertz CT molecular complexity index is 733. The molecule has 0 atom stereocenters. The molecule has 1 heterocycles. The Morgan fingerprint density at radius 2 is 2.17 bits per heavy atom. The predicted molar refractivity (Wildman–Crippen MR) is 75.3 cm³/mol. The highest BCUT2D eigenvalue weighted by Gasteiger charge is 2.18. The van der Waals surface area contributed by atoms with Gasteiger partial charge >= 0.3 is 12.4 Å². The highest BCUT2D eigenvalue weighted by atomic mass is 19.3. The van der Waals surface area contributed by atoms with Crippen molar-refractivity contribution in [3.8, 4) is 5.75 Å². The van der Waals surface area contributed by atoms with Crippen LogP contribution in [0, 0.1) is 17.0 Å². The number of hydrogen-bond donors (Lipinski definition) is 1. The lowest BCUT2D eigenvalue weighted by molar-refractivity contribution is -0.389. The molecule has 2 rings (SSSR count). The topological polar surface area (TPSA) is 99.3 Å². The molecular weight excluding hydrogens is 314 g/mol. The van der Waals surface area contributed by atoms with Crippen molar-refractivity contribution in [2.45, 2.75) is 20.1 Å². The molecule has 122 valence electrons. The van der Waals surface area contributed by atoms with E-state index in [0.29, 0.717) is 5.69 Å². The highest BCUT2D eigenvalue weighted by molar-refractivity contribution is 5.92. The molecule has 8 nitrogen and oxygen atoms in total. The van der Waals surface area contributed by atoms with Gasteiger partial charge in [-0.2, -0.15) is 13.5 Å². The van der Waals surface area contributed by atoms with Crippen molar-refractivity contribution >= 4 is 17.4 Å². The second-order valence-corrected chi connectivity index (χ2v) is 4.48. The van der Waals surface area contributed by atoms with E-state index >= 15 is 0 Å². The maximum Gasteiger partial charge on any atom is 0.390 e. The molecule has 0 aliphatic heterocycles. The zero-order valence-corrected chi connectivity index (χ0v) is 11.9. The Hall–Kier alpha value is -3.04. The number of nitrogens with zero attached hydrogens (tertiary/aromatic N) is 3. The summed E-state index contributed by atoms with van der Waals surface area (Å²) in [6, 6.07) is 6.92. The van der Waals surface area contributed by atoms with Crippen LogP contribution in [0.2, 0.25) is 0 Å².